The van der Waals surface area contributed by atoms with E-state index < -0.39 is 25.8 Å². The molecule has 0 aliphatic carbocycles. The number of sulfone groups is 1. The van der Waals surface area contributed by atoms with Gasteiger partial charge in [0.05, 0.1) is 41.2 Å². The number of rotatable bonds is 6. The largest absolute Gasteiger partial charge is 0.497 e. The molecule has 180 valence electrons. The smallest absolute Gasteiger partial charge is 0.243 e. The van der Waals surface area contributed by atoms with Gasteiger partial charge >= 0.3 is 0 Å². The number of piperidine rings is 1. The van der Waals surface area contributed by atoms with Gasteiger partial charge in [-0.15, -0.1) is 0 Å². The Morgan fingerprint density at radius 3 is 2.58 bits per heavy atom. The van der Waals surface area contributed by atoms with Gasteiger partial charge in [0.15, 0.2) is 9.84 Å². The number of anilines is 1. The molecule has 0 radical (unpaired) electrons. The van der Waals surface area contributed by atoms with Gasteiger partial charge in [-0.05, 0) is 50.5 Å². The van der Waals surface area contributed by atoms with E-state index in [9.17, 15) is 21.6 Å². The average molecular weight is 497 g/mol. The first-order valence-electron chi connectivity index (χ1n) is 10.8. The molecule has 1 N–H and O–H groups in total. The lowest BCUT2D eigenvalue weighted by Crippen LogP contribution is -2.43. The molecule has 1 aromatic carbocycles. The van der Waals surface area contributed by atoms with Crippen molar-refractivity contribution in [3.63, 3.8) is 0 Å². The standard InChI is InChI=1S/C21H28N4O6S2/c1-15-12-20(25(23-15)17-9-11-32(27,28)14-17)22-21(26)16-4-3-10-24(13-16)33(29,30)19-7-5-18(31-2)6-8-19/h5-8,12,16-17H,3-4,9-11,13-14H2,1-2H3,(H,22,26). The van der Waals surface area contributed by atoms with Crippen molar-refractivity contribution in [3.05, 3.63) is 36.0 Å². The minimum Gasteiger partial charge on any atom is -0.497 e. The zero-order chi connectivity index (χ0) is 23.8. The second-order valence-electron chi connectivity index (χ2n) is 8.54. The van der Waals surface area contributed by atoms with E-state index in [1.807, 2.05) is 0 Å². The first kappa shape index (κ1) is 23.7. The second-order valence-corrected chi connectivity index (χ2v) is 12.7. The lowest BCUT2D eigenvalue weighted by molar-refractivity contribution is -0.120. The molecule has 2 unspecified atom stereocenters. The maximum atomic E-state index is 13.1. The number of ether oxygens (including phenoxy) is 1. The van der Waals surface area contributed by atoms with E-state index in [4.69, 9.17) is 4.74 Å². The molecule has 2 atom stereocenters. The number of sulfonamides is 1. The molecule has 0 spiro atoms. The number of hydrogen-bond acceptors (Lipinski definition) is 7. The van der Waals surface area contributed by atoms with Crippen molar-refractivity contribution >= 4 is 31.6 Å². The number of aryl methyl sites for hydroxylation is 1. The quantitative estimate of drug-likeness (QED) is 0.643. The van der Waals surface area contributed by atoms with Crippen LogP contribution in [0, 0.1) is 12.8 Å². The summed E-state index contributed by atoms with van der Waals surface area (Å²) in [4.78, 5) is 13.2. The maximum Gasteiger partial charge on any atom is 0.243 e. The van der Waals surface area contributed by atoms with Gasteiger partial charge in [-0.1, -0.05) is 0 Å². The van der Waals surface area contributed by atoms with Crippen molar-refractivity contribution in [1.82, 2.24) is 14.1 Å². The van der Waals surface area contributed by atoms with Crippen LogP contribution in [0.2, 0.25) is 0 Å². The third kappa shape index (κ3) is 5.07. The van der Waals surface area contributed by atoms with Crippen molar-refractivity contribution in [2.24, 2.45) is 5.92 Å². The summed E-state index contributed by atoms with van der Waals surface area (Å²) in [5, 5.41) is 7.25. The highest BCUT2D eigenvalue weighted by atomic mass is 32.2. The molecule has 33 heavy (non-hydrogen) atoms. The Labute approximate surface area is 193 Å². The van der Waals surface area contributed by atoms with Crippen molar-refractivity contribution in [3.8, 4) is 5.75 Å². The average Bonchev–Trinajstić information content (AvgIpc) is 3.34. The van der Waals surface area contributed by atoms with E-state index in [1.165, 1.54) is 23.5 Å². The van der Waals surface area contributed by atoms with Crippen LogP contribution in [0.15, 0.2) is 35.2 Å². The van der Waals surface area contributed by atoms with E-state index in [-0.39, 0.29) is 34.9 Å². The highest BCUT2D eigenvalue weighted by Gasteiger charge is 2.35. The van der Waals surface area contributed by atoms with Crippen molar-refractivity contribution in [2.45, 2.75) is 37.1 Å². The molecular weight excluding hydrogens is 468 g/mol. The van der Waals surface area contributed by atoms with Crippen LogP contribution >= 0.6 is 0 Å². The van der Waals surface area contributed by atoms with Crippen LogP contribution < -0.4 is 10.1 Å². The molecule has 12 heteroatoms. The van der Waals surface area contributed by atoms with Gasteiger partial charge in [0.1, 0.15) is 11.6 Å². The van der Waals surface area contributed by atoms with Crippen LogP contribution in [0.1, 0.15) is 31.0 Å². The molecule has 2 aliphatic rings. The molecule has 3 heterocycles. The summed E-state index contributed by atoms with van der Waals surface area (Å²) in [6.07, 6.45) is 1.57. The van der Waals surface area contributed by atoms with Crippen LogP contribution in [0.25, 0.3) is 0 Å². The topological polar surface area (TPSA) is 128 Å². The number of hydrogen-bond donors (Lipinski definition) is 1. The summed E-state index contributed by atoms with van der Waals surface area (Å²) in [6.45, 7) is 2.19. The zero-order valence-electron chi connectivity index (χ0n) is 18.6. The normalized spacial score (nSPS) is 23.3. The van der Waals surface area contributed by atoms with E-state index in [0.717, 1.165) is 0 Å². The lowest BCUT2D eigenvalue weighted by atomic mass is 9.99. The van der Waals surface area contributed by atoms with E-state index in [1.54, 1.807) is 29.8 Å². The number of nitrogens with zero attached hydrogens (tertiary/aromatic N) is 3. The summed E-state index contributed by atoms with van der Waals surface area (Å²) in [7, 11) is -5.34. The Kier molecular flexibility index (Phi) is 6.52. The maximum absolute atomic E-state index is 13.1. The first-order chi connectivity index (χ1) is 15.6. The summed E-state index contributed by atoms with van der Waals surface area (Å²) in [5.41, 5.74) is 0.668. The molecular formula is C21H28N4O6S2. The van der Waals surface area contributed by atoms with Gasteiger partial charge in [-0.3, -0.25) is 4.79 Å². The Morgan fingerprint density at radius 2 is 1.94 bits per heavy atom. The third-order valence-electron chi connectivity index (χ3n) is 6.12. The molecule has 1 aromatic heterocycles. The molecule has 0 saturated carbocycles. The fourth-order valence-electron chi connectivity index (χ4n) is 4.36. The summed E-state index contributed by atoms with van der Waals surface area (Å²) < 4.78 is 58.0. The monoisotopic (exact) mass is 496 g/mol. The highest BCUT2D eigenvalue weighted by molar-refractivity contribution is 7.91. The second kappa shape index (κ2) is 9.07. The fraction of sp³-hybridized carbons (Fsp3) is 0.524. The molecule has 1 amide bonds. The third-order valence-corrected chi connectivity index (χ3v) is 9.75. The lowest BCUT2D eigenvalue weighted by Gasteiger charge is -2.31. The highest BCUT2D eigenvalue weighted by Crippen LogP contribution is 2.29. The first-order valence-corrected chi connectivity index (χ1v) is 14.1. The Bertz CT molecular complexity index is 1240. The van der Waals surface area contributed by atoms with E-state index in [2.05, 4.69) is 10.4 Å². The molecule has 10 nitrogen and oxygen atoms in total. The van der Waals surface area contributed by atoms with Gasteiger partial charge in [-0.25, -0.2) is 21.5 Å². The van der Waals surface area contributed by atoms with Crippen LogP contribution in [0.5, 0.6) is 5.75 Å². The fourth-order valence-corrected chi connectivity index (χ4v) is 7.57. The Balaban J connectivity index is 1.47. The van der Waals surface area contributed by atoms with Crippen LogP contribution in [-0.4, -0.2) is 68.5 Å². The van der Waals surface area contributed by atoms with E-state index >= 15 is 0 Å². The minimum atomic E-state index is -3.74. The number of nitrogens with one attached hydrogen (secondary N) is 1. The molecule has 0 bridgehead atoms. The summed E-state index contributed by atoms with van der Waals surface area (Å²) in [6, 6.07) is 7.56. The van der Waals surface area contributed by atoms with Crippen molar-refractivity contribution in [2.75, 3.05) is 37.0 Å². The number of carbonyl (C=O) groups is 1. The number of benzene rings is 1. The summed E-state index contributed by atoms with van der Waals surface area (Å²) >= 11 is 0. The number of methoxy groups -OCH3 is 1. The Morgan fingerprint density at radius 1 is 1.21 bits per heavy atom. The molecule has 2 aliphatic heterocycles. The van der Waals surface area contributed by atoms with Crippen LogP contribution in [-0.2, 0) is 24.7 Å². The molecule has 2 fully saturated rings. The van der Waals surface area contributed by atoms with E-state index in [0.29, 0.717) is 43.1 Å². The molecule has 2 aromatic rings. The predicted molar refractivity (Wildman–Crippen MR) is 122 cm³/mol. The zero-order valence-corrected chi connectivity index (χ0v) is 20.2. The SMILES string of the molecule is COc1ccc(S(=O)(=O)N2CCCC(C(=O)Nc3cc(C)nn3C3CCS(=O)(=O)C3)C2)cc1. The van der Waals surface area contributed by atoms with Gasteiger partial charge in [0, 0.05) is 19.2 Å². The number of carbonyl (C=O) groups excluding carboxylic acids is 1. The molecule has 4 rings (SSSR count). The van der Waals surface area contributed by atoms with Gasteiger partial charge in [0.2, 0.25) is 15.9 Å². The van der Waals surface area contributed by atoms with Crippen molar-refractivity contribution < 1.29 is 26.4 Å². The predicted octanol–water partition coefficient (Wildman–Crippen LogP) is 1.60. The molecule has 2 saturated heterocycles. The van der Waals surface area contributed by atoms with Gasteiger partial charge < -0.3 is 10.1 Å². The van der Waals surface area contributed by atoms with Crippen LogP contribution in [0.3, 0.4) is 0 Å². The van der Waals surface area contributed by atoms with Gasteiger partial charge in [0.25, 0.3) is 0 Å². The Hall–Kier alpha value is -2.44. The number of amides is 1. The van der Waals surface area contributed by atoms with Crippen molar-refractivity contribution in [1.29, 1.82) is 0 Å². The van der Waals surface area contributed by atoms with Gasteiger partial charge in [-0.2, -0.15) is 9.40 Å². The number of aromatic nitrogens is 2. The van der Waals surface area contributed by atoms with Crippen LogP contribution in [0.4, 0.5) is 5.82 Å². The summed E-state index contributed by atoms with van der Waals surface area (Å²) in [5.74, 6) is 0.273. The minimum absolute atomic E-state index is 0.00565.